The van der Waals surface area contributed by atoms with Crippen LogP contribution >= 0.6 is 11.3 Å². The Hall–Kier alpha value is -1.74. The summed E-state index contributed by atoms with van der Waals surface area (Å²) in [6, 6.07) is 5.09. The van der Waals surface area contributed by atoms with Crippen molar-refractivity contribution in [2.45, 2.75) is 12.6 Å². The summed E-state index contributed by atoms with van der Waals surface area (Å²) in [6.45, 7) is 0. The number of thiophene rings is 1. The molecule has 94 valence electrons. The first kappa shape index (κ1) is 12.7. The normalized spacial score (nSPS) is 19.2. The van der Waals surface area contributed by atoms with Gasteiger partial charge in [0, 0.05) is 6.42 Å². The fourth-order valence-corrected chi connectivity index (χ4v) is 2.20. The maximum absolute atomic E-state index is 12.5. The summed E-state index contributed by atoms with van der Waals surface area (Å²) in [5, 5.41) is 9.06. The van der Waals surface area contributed by atoms with Gasteiger partial charge in [-0.1, -0.05) is 23.5 Å². The number of allylic oxidation sites excluding steroid dienone is 4. The first-order valence-corrected chi connectivity index (χ1v) is 5.92. The average molecular weight is 271 g/mol. The van der Waals surface area contributed by atoms with Crippen molar-refractivity contribution < 1.29 is 17.9 Å². The predicted molar refractivity (Wildman–Crippen MR) is 61.0 cm³/mol. The summed E-state index contributed by atoms with van der Waals surface area (Å²) in [5.74, 6) is -1.25. The Balaban J connectivity index is 2.05. The van der Waals surface area contributed by atoms with E-state index in [-0.39, 0.29) is 12.2 Å². The van der Waals surface area contributed by atoms with Crippen LogP contribution in [0.2, 0.25) is 0 Å². The summed E-state index contributed by atoms with van der Waals surface area (Å²) < 4.78 is 43.0. The molecule has 18 heavy (non-hydrogen) atoms. The van der Waals surface area contributed by atoms with Gasteiger partial charge < -0.3 is 4.74 Å². The van der Waals surface area contributed by atoms with Crippen LogP contribution in [0.3, 0.4) is 0 Å². The minimum absolute atomic E-state index is 0.209. The number of ether oxygens (including phenoxy) is 1. The Morgan fingerprint density at radius 1 is 1.39 bits per heavy atom. The molecule has 0 N–H and O–H groups in total. The van der Waals surface area contributed by atoms with E-state index < -0.39 is 12.1 Å². The number of nitriles is 1. The molecule has 6 heteroatoms. The van der Waals surface area contributed by atoms with Crippen LogP contribution in [0, 0.1) is 17.2 Å². The summed E-state index contributed by atoms with van der Waals surface area (Å²) in [5.41, 5.74) is 0. The molecule has 1 aromatic rings. The van der Waals surface area contributed by atoms with Crippen molar-refractivity contribution in [3.8, 4) is 11.1 Å². The summed E-state index contributed by atoms with van der Waals surface area (Å²) in [6.07, 6.45) is -0.502. The van der Waals surface area contributed by atoms with E-state index in [0.29, 0.717) is 9.94 Å². The molecule has 1 atom stereocenters. The zero-order valence-corrected chi connectivity index (χ0v) is 9.89. The minimum atomic E-state index is -4.26. The highest BCUT2D eigenvalue weighted by molar-refractivity contribution is 7.14. The minimum Gasteiger partial charge on any atom is -0.451 e. The number of alkyl halides is 3. The third kappa shape index (κ3) is 2.93. The largest absolute Gasteiger partial charge is 0.451 e. The molecule has 1 heterocycles. The second kappa shape index (κ2) is 4.86. The van der Waals surface area contributed by atoms with Gasteiger partial charge in [0.05, 0.1) is 5.92 Å². The van der Waals surface area contributed by atoms with Crippen molar-refractivity contribution in [1.82, 2.24) is 0 Å². The molecule has 0 saturated carbocycles. The first-order chi connectivity index (χ1) is 8.49. The molecule has 1 aromatic heterocycles. The molecule has 0 fully saturated rings. The number of hydrogen-bond acceptors (Lipinski definition) is 3. The van der Waals surface area contributed by atoms with Crippen LogP contribution in [0.4, 0.5) is 13.2 Å². The van der Waals surface area contributed by atoms with Crippen molar-refractivity contribution in [1.29, 1.82) is 5.26 Å². The summed E-state index contributed by atoms with van der Waals surface area (Å²) >= 11 is 1.11. The second-order valence-electron chi connectivity index (χ2n) is 3.70. The topological polar surface area (TPSA) is 33.0 Å². The van der Waals surface area contributed by atoms with Crippen LogP contribution in [0.15, 0.2) is 36.1 Å². The lowest BCUT2D eigenvalue weighted by atomic mass is 9.99. The van der Waals surface area contributed by atoms with Gasteiger partial charge in [-0.25, -0.2) is 0 Å². The molecule has 1 unspecified atom stereocenters. The van der Waals surface area contributed by atoms with Gasteiger partial charge in [0.25, 0.3) is 0 Å². The number of nitrogens with zero attached hydrogens (tertiary/aromatic N) is 1. The molecule has 0 radical (unpaired) electrons. The highest BCUT2D eigenvalue weighted by Gasteiger charge is 2.39. The SMILES string of the molecule is N#Cc1ccc(OC2=CC=CC(C(F)(F)F)C2)s1. The predicted octanol–water partition coefficient (Wildman–Crippen LogP) is 4.02. The van der Waals surface area contributed by atoms with Gasteiger partial charge in [-0.05, 0) is 18.2 Å². The van der Waals surface area contributed by atoms with E-state index >= 15 is 0 Å². The van der Waals surface area contributed by atoms with Crippen LogP contribution in [0.1, 0.15) is 11.3 Å². The summed E-state index contributed by atoms with van der Waals surface area (Å²) in [7, 11) is 0. The quantitative estimate of drug-likeness (QED) is 0.813. The van der Waals surface area contributed by atoms with Gasteiger partial charge in [0.15, 0.2) is 5.06 Å². The third-order valence-corrected chi connectivity index (χ3v) is 3.26. The number of halogens is 3. The van der Waals surface area contributed by atoms with E-state index in [2.05, 4.69) is 0 Å². The van der Waals surface area contributed by atoms with Crippen LogP contribution in [0.5, 0.6) is 5.06 Å². The smallest absolute Gasteiger partial charge is 0.395 e. The Bertz CT molecular complexity index is 536. The Morgan fingerprint density at radius 3 is 2.78 bits per heavy atom. The van der Waals surface area contributed by atoms with E-state index in [1.54, 1.807) is 12.1 Å². The number of rotatable bonds is 2. The van der Waals surface area contributed by atoms with Crippen molar-refractivity contribution in [2.24, 2.45) is 5.92 Å². The van der Waals surface area contributed by atoms with E-state index in [9.17, 15) is 13.2 Å². The lowest BCUT2D eigenvalue weighted by molar-refractivity contribution is -0.162. The maximum atomic E-state index is 12.5. The summed E-state index contributed by atoms with van der Waals surface area (Å²) in [4.78, 5) is 0.462. The fraction of sp³-hybridized carbons (Fsp3) is 0.250. The molecule has 1 aliphatic carbocycles. The van der Waals surface area contributed by atoms with Crippen LogP contribution < -0.4 is 4.74 Å². The third-order valence-electron chi connectivity index (χ3n) is 2.39. The van der Waals surface area contributed by atoms with E-state index in [1.807, 2.05) is 6.07 Å². The van der Waals surface area contributed by atoms with Crippen LogP contribution in [-0.2, 0) is 0 Å². The lowest BCUT2D eigenvalue weighted by Crippen LogP contribution is -2.23. The van der Waals surface area contributed by atoms with Crippen molar-refractivity contribution in [2.75, 3.05) is 0 Å². The van der Waals surface area contributed by atoms with Gasteiger partial charge in [0.1, 0.15) is 16.7 Å². The second-order valence-corrected chi connectivity index (χ2v) is 4.75. The van der Waals surface area contributed by atoms with Crippen molar-refractivity contribution in [3.63, 3.8) is 0 Å². The molecular formula is C12H8F3NOS. The molecule has 2 nitrogen and oxygen atoms in total. The monoisotopic (exact) mass is 271 g/mol. The molecule has 1 aliphatic rings. The molecule has 2 rings (SSSR count). The van der Waals surface area contributed by atoms with Gasteiger partial charge >= 0.3 is 6.18 Å². The Kier molecular flexibility index (Phi) is 3.43. The number of hydrogen-bond donors (Lipinski definition) is 0. The average Bonchev–Trinajstić information content (AvgIpc) is 2.76. The van der Waals surface area contributed by atoms with E-state index in [0.717, 1.165) is 17.4 Å². The van der Waals surface area contributed by atoms with Gasteiger partial charge in [-0.3, -0.25) is 0 Å². The zero-order valence-electron chi connectivity index (χ0n) is 9.07. The zero-order chi connectivity index (χ0) is 13.2. The molecule has 0 amide bonds. The maximum Gasteiger partial charge on any atom is 0.395 e. The van der Waals surface area contributed by atoms with Gasteiger partial charge in [-0.15, -0.1) is 0 Å². The standard InChI is InChI=1S/C12H8F3NOS/c13-12(14,15)8-2-1-3-9(6-8)17-11-5-4-10(7-16)18-11/h1-5,8H,6H2. The van der Waals surface area contributed by atoms with Crippen LogP contribution in [-0.4, -0.2) is 6.18 Å². The highest BCUT2D eigenvalue weighted by Crippen LogP contribution is 2.36. The Morgan fingerprint density at radius 2 is 2.17 bits per heavy atom. The first-order valence-electron chi connectivity index (χ1n) is 5.11. The highest BCUT2D eigenvalue weighted by atomic mass is 32.1. The van der Waals surface area contributed by atoms with Crippen molar-refractivity contribution >= 4 is 11.3 Å². The molecule has 0 aliphatic heterocycles. The fourth-order valence-electron chi connectivity index (χ4n) is 1.51. The molecule has 0 aromatic carbocycles. The van der Waals surface area contributed by atoms with E-state index in [1.165, 1.54) is 12.2 Å². The van der Waals surface area contributed by atoms with Crippen LogP contribution in [0.25, 0.3) is 0 Å². The van der Waals surface area contributed by atoms with Crippen molar-refractivity contribution in [3.05, 3.63) is 41.0 Å². The molecule has 0 bridgehead atoms. The van der Waals surface area contributed by atoms with Gasteiger partial charge in [-0.2, -0.15) is 18.4 Å². The lowest BCUT2D eigenvalue weighted by Gasteiger charge is -2.20. The molecular weight excluding hydrogens is 263 g/mol. The van der Waals surface area contributed by atoms with Gasteiger partial charge in [0.2, 0.25) is 0 Å². The molecule has 0 saturated heterocycles. The van der Waals surface area contributed by atoms with E-state index in [4.69, 9.17) is 10.00 Å². The molecule has 0 spiro atoms. The Labute approximate surface area is 106 Å².